The van der Waals surface area contributed by atoms with Crippen molar-refractivity contribution in [2.75, 3.05) is 0 Å². The summed E-state index contributed by atoms with van der Waals surface area (Å²) in [5.74, 6) is -0.129. The van der Waals surface area contributed by atoms with Crippen LogP contribution in [0, 0.1) is 12.8 Å². The Labute approximate surface area is 107 Å². The summed E-state index contributed by atoms with van der Waals surface area (Å²) in [6.45, 7) is 4.21. The van der Waals surface area contributed by atoms with Crippen LogP contribution < -0.4 is 0 Å². The minimum Gasteiger partial charge on any atom is -0.481 e. The molecular formula is C14H17ClO2. The van der Waals surface area contributed by atoms with Crippen LogP contribution in [0.2, 0.25) is 5.02 Å². The van der Waals surface area contributed by atoms with Gasteiger partial charge in [-0.1, -0.05) is 24.9 Å². The van der Waals surface area contributed by atoms with Crippen LogP contribution in [0.15, 0.2) is 6.07 Å². The van der Waals surface area contributed by atoms with E-state index in [0.717, 1.165) is 35.4 Å². The van der Waals surface area contributed by atoms with Gasteiger partial charge in [-0.15, -0.1) is 0 Å². The van der Waals surface area contributed by atoms with E-state index in [-0.39, 0.29) is 6.42 Å². The second-order valence-corrected chi connectivity index (χ2v) is 5.26. The maximum Gasteiger partial charge on any atom is 0.307 e. The molecule has 0 aromatic heterocycles. The van der Waals surface area contributed by atoms with E-state index < -0.39 is 5.97 Å². The average Bonchev–Trinajstić information content (AvgIpc) is 2.69. The van der Waals surface area contributed by atoms with Crippen molar-refractivity contribution in [3.63, 3.8) is 0 Å². The monoisotopic (exact) mass is 252 g/mol. The van der Waals surface area contributed by atoms with E-state index in [1.807, 2.05) is 13.0 Å². The van der Waals surface area contributed by atoms with Crippen molar-refractivity contribution in [2.45, 2.75) is 39.5 Å². The molecule has 2 nitrogen and oxygen atoms in total. The Kier molecular flexibility index (Phi) is 3.43. The number of carboxylic acids is 1. The molecule has 0 heterocycles. The lowest BCUT2D eigenvalue weighted by molar-refractivity contribution is -0.136. The van der Waals surface area contributed by atoms with Gasteiger partial charge >= 0.3 is 5.97 Å². The third-order valence-electron chi connectivity index (χ3n) is 3.79. The molecule has 1 aromatic carbocycles. The average molecular weight is 253 g/mol. The number of carboxylic acid groups (broad SMARTS) is 1. The molecule has 0 radical (unpaired) electrons. The van der Waals surface area contributed by atoms with Crippen LogP contribution in [0.3, 0.4) is 0 Å². The van der Waals surface area contributed by atoms with Gasteiger partial charge in [0, 0.05) is 5.02 Å². The van der Waals surface area contributed by atoms with Crippen molar-refractivity contribution in [2.24, 2.45) is 5.92 Å². The second kappa shape index (κ2) is 4.69. The highest BCUT2D eigenvalue weighted by Gasteiger charge is 2.25. The molecule has 1 aliphatic rings. The Morgan fingerprint density at radius 1 is 1.47 bits per heavy atom. The predicted octanol–water partition coefficient (Wildman–Crippen LogP) is 3.40. The SMILES string of the molecule is CCC1Cc2c(Cl)cc(CC(=O)O)c(C)c2C1. The van der Waals surface area contributed by atoms with Gasteiger partial charge in [-0.2, -0.15) is 0 Å². The van der Waals surface area contributed by atoms with Crippen molar-refractivity contribution in [3.05, 3.63) is 33.3 Å². The Balaban J connectivity index is 2.43. The molecule has 3 heteroatoms. The number of hydrogen-bond acceptors (Lipinski definition) is 1. The van der Waals surface area contributed by atoms with Crippen molar-refractivity contribution < 1.29 is 9.90 Å². The van der Waals surface area contributed by atoms with E-state index in [1.165, 1.54) is 11.1 Å². The van der Waals surface area contributed by atoms with E-state index >= 15 is 0 Å². The molecule has 17 heavy (non-hydrogen) atoms. The second-order valence-electron chi connectivity index (χ2n) is 4.85. The summed E-state index contributed by atoms with van der Waals surface area (Å²) < 4.78 is 0. The number of rotatable bonds is 3. The first-order chi connectivity index (χ1) is 8.02. The smallest absolute Gasteiger partial charge is 0.307 e. The summed E-state index contributed by atoms with van der Waals surface area (Å²) in [5, 5.41) is 9.63. The zero-order valence-electron chi connectivity index (χ0n) is 10.2. The van der Waals surface area contributed by atoms with Gasteiger partial charge in [0.25, 0.3) is 0 Å². The fourth-order valence-electron chi connectivity index (χ4n) is 2.69. The summed E-state index contributed by atoms with van der Waals surface area (Å²) in [7, 11) is 0. The van der Waals surface area contributed by atoms with Gasteiger partial charge in [-0.3, -0.25) is 4.79 Å². The van der Waals surface area contributed by atoms with Crippen molar-refractivity contribution in [1.29, 1.82) is 0 Å². The molecule has 1 unspecified atom stereocenters. The first-order valence-electron chi connectivity index (χ1n) is 6.04. The van der Waals surface area contributed by atoms with Gasteiger partial charge in [-0.25, -0.2) is 0 Å². The molecule has 0 amide bonds. The number of hydrogen-bond donors (Lipinski definition) is 1. The van der Waals surface area contributed by atoms with Crippen LogP contribution in [-0.4, -0.2) is 11.1 Å². The maximum atomic E-state index is 10.8. The van der Waals surface area contributed by atoms with Crippen LogP contribution in [0.1, 0.15) is 35.6 Å². The van der Waals surface area contributed by atoms with E-state index in [4.69, 9.17) is 16.7 Å². The van der Waals surface area contributed by atoms with Crippen molar-refractivity contribution in [1.82, 2.24) is 0 Å². The Hall–Kier alpha value is -1.02. The number of carbonyl (C=O) groups is 1. The zero-order chi connectivity index (χ0) is 12.6. The van der Waals surface area contributed by atoms with E-state index in [1.54, 1.807) is 0 Å². The van der Waals surface area contributed by atoms with E-state index in [0.29, 0.717) is 5.92 Å². The summed E-state index contributed by atoms with van der Waals surface area (Å²) in [6, 6.07) is 1.84. The topological polar surface area (TPSA) is 37.3 Å². The fourth-order valence-corrected chi connectivity index (χ4v) is 3.02. The molecule has 1 aromatic rings. The lowest BCUT2D eigenvalue weighted by Gasteiger charge is -2.11. The molecule has 1 aliphatic carbocycles. The molecule has 0 saturated carbocycles. The highest BCUT2D eigenvalue weighted by molar-refractivity contribution is 6.31. The molecule has 0 bridgehead atoms. The number of benzene rings is 1. The van der Waals surface area contributed by atoms with Gasteiger partial charge in [-0.05, 0) is 54.0 Å². The first-order valence-corrected chi connectivity index (χ1v) is 6.42. The molecule has 0 spiro atoms. The molecule has 0 aliphatic heterocycles. The molecular weight excluding hydrogens is 236 g/mol. The summed E-state index contributed by atoms with van der Waals surface area (Å²) in [4.78, 5) is 10.8. The van der Waals surface area contributed by atoms with Crippen LogP contribution in [0.4, 0.5) is 0 Å². The zero-order valence-corrected chi connectivity index (χ0v) is 11.0. The number of aliphatic carboxylic acids is 1. The normalized spacial score (nSPS) is 18.2. The van der Waals surface area contributed by atoms with Crippen molar-refractivity contribution >= 4 is 17.6 Å². The lowest BCUT2D eigenvalue weighted by atomic mass is 9.96. The minimum atomic E-state index is -0.797. The predicted molar refractivity (Wildman–Crippen MR) is 68.7 cm³/mol. The summed E-state index contributed by atoms with van der Waals surface area (Å²) in [6.07, 6.45) is 3.30. The molecule has 2 rings (SSSR count). The third kappa shape index (κ3) is 2.32. The minimum absolute atomic E-state index is 0.0651. The summed E-state index contributed by atoms with van der Waals surface area (Å²) >= 11 is 6.26. The fraction of sp³-hybridized carbons (Fsp3) is 0.500. The lowest BCUT2D eigenvalue weighted by Crippen LogP contribution is -2.04. The molecule has 92 valence electrons. The van der Waals surface area contributed by atoms with Gasteiger partial charge in [0.2, 0.25) is 0 Å². The van der Waals surface area contributed by atoms with Crippen LogP contribution in [0.25, 0.3) is 0 Å². The van der Waals surface area contributed by atoms with Crippen LogP contribution >= 0.6 is 11.6 Å². The molecule has 0 saturated heterocycles. The number of fused-ring (bicyclic) bond motifs is 1. The maximum absolute atomic E-state index is 10.8. The van der Waals surface area contributed by atoms with Crippen LogP contribution in [-0.2, 0) is 24.1 Å². The van der Waals surface area contributed by atoms with Gasteiger partial charge in [0.15, 0.2) is 0 Å². The Morgan fingerprint density at radius 3 is 2.71 bits per heavy atom. The highest BCUT2D eigenvalue weighted by Crippen LogP contribution is 2.37. The largest absolute Gasteiger partial charge is 0.481 e. The van der Waals surface area contributed by atoms with E-state index in [2.05, 4.69) is 6.92 Å². The number of halogens is 1. The van der Waals surface area contributed by atoms with Gasteiger partial charge < -0.3 is 5.11 Å². The van der Waals surface area contributed by atoms with Gasteiger partial charge in [0.05, 0.1) is 6.42 Å². The van der Waals surface area contributed by atoms with Crippen molar-refractivity contribution in [3.8, 4) is 0 Å². The quantitative estimate of drug-likeness (QED) is 0.895. The molecule has 1 N–H and O–H groups in total. The third-order valence-corrected chi connectivity index (χ3v) is 4.13. The first kappa shape index (κ1) is 12.4. The van der Waals surface area contributed by atoms with Crippen LogP contribution in [0.5, 0.6) is 0 Å². The molecule has 0 fully saturated rings. The standard InChI is InChI=1S/C14H17ClO2/c1-3-9-4-11-8(2)10(7-14(16)17)6-13(15)12(11)5-9/h6,9H,3-5,7H2,1-2H3,(H,16,17). The van der Waals surface area contributed by atoms with Gasteiger partial charge in [0.1, 0.15) is 0 Å². The van der Waals surface area contributed by atoms with E-state index in [9.17, 15) is 4.79 Å². The summed E-state index contributed by atoms with van der Waals surface area (Å²) in [5.41, 5.74) is 4.52. The highest BCUT2D eigenvalue weighted by atomic mass is 35.5. The molecule has 1 atom stereocenters. The Morgan fingerprint density at radius 2 is 2.12 bits per heavy atom. The Bertz CT molecular complexity index is 466.